The summed E-state index contributed by atoms with van der Waals surface area (Å²) in [6, 6.07) is 8.85. The van der Waals surface area contributed by atoms with Crippen molar-refractivity contribution >= 4 is 11.7 Å². The molecule has 0 saturated carbocycles. The summed E-state index contributed by atoms with van der Waals surface area (Å²) in [5.74, 6) is 0.577. The van der Waals surface area contributed by atoms with Crippen LogP contribution in [0, 0.1) is 18.8 Å². The molecule has 6 nitrogen and oxygen atoms in total. The Morgan fingerprint density at radius 3 is 2.54 bits per heavy atom. The zero-order valence-electron chi connectivity index (χ0n) is 15.6. The highest BCUT2D eigenvalue weighted by molar-refractivity contribution is 6.03. The number of aryl methyl sites for hydroxylation is 1. The molecule has 1 saturated heterocycles. The van der Waals surface area contributed by atoms with Crippen LogP contribution in [0.3, 0.4) is 0 Å². The van der Waals surface area contributed by atoms with E-state index in [1.54, 1.807) is 35.0 Å². The van der Waals surface area contributed by atoms with E-state index in [1.807, 2.05) is 13.0 Å². The van der Waals surface area contributed by atoms with Crippen LogP contribution in [-0.2, 0) is 4.74 Å². The first-order valence-electron chi connectivity index (χ1n) is 9.04. The standard InChI is InChI=1S/C20H25N3O3/c1-5-16-13(3)14(4)19(26-16)23-11-12(2)17(22-20(23)25)21-18(24)15-9-7-6-8-10-15/h6-11,13-14,16,19H,5H2,1-4H3,(H,21,22,24,25)/t13?,14-,16+,19+/m0/s1. The lowest BCUT2D eigenvalue weighted by atomic mass is 9.91. The Bertz CT molecular complexity index is 847. The zero-order valence-corrected chi connectivity index (χ0v) is 15.6. The fraction of sp³-hybridized carbons (Fsp3) is 0.450. The number of benzene rings is 1. The molecule has 4 atom stereocenters. The number of carbonyl (C=O) groups excluding carboxylic acids is 1. The van der Waals surface area contributed by atoms with Crippen molar-refractivity contribution in [1.29, 1.82) is 0 Å². The second-order valence-corrected chi connectivity index (χ2v) is 6.97. The van der Waals surface area contributed by atoms with Gasteiger partial charge in [0.25, 0.3) is 5.91 Å². The summed E-state index contributed by atoms with van der Waals surface area (Å²) in [6.45, 7) is 8.16. The summed E-state index contributed by atoms with van der Waals surface area (Å²) in [5.41, 5.74) is 0.822. The van der Waals surface area contributed by atoms with Gasteiger partial charge in [-0.1, -0.05) is 39.0 Å². The molecule has 1 aliphatic rings. The van der Waals surface area contributed by atoms with Crippen LogP contribution in [0.25, 0.3) is 0 Å². The average molecular weight is 355 g/mol. The Morgan fingerprint density at radius 1 is 1.23 bits per heavy atom. The van der Waals surface area contributed by atoms with Crippen molar-refractivity contribution in [2.75, 3.05) is 5.32 Å². The minimum absolute atomic E-state index is 0.139. The second kappa shape index (κ2) is 7.41. The Labute approximate surface area is 153 Å². The molecular weight excluding hydrogens is 330 g/mol. The van der Waals surface area contributed by atoms with Crippen LogP contribution in [0.2, 0.25) is 0 Å². The van der Waals surface area contributed by atoms with E-state index in [-0.39, 0.29) is 30.0 Å². The number of nitrogens with one attached hydrogen (secondary N) is 1. The molecule has 2 aromatic rings. The van der Waals surface area contributed by atoms with Crippen LogP contribution in [0.1, 0.15) is 49.3 Å². The van der Waals surface area contributed by atoms with E-state index in [9.17, 15) is 9.59 Å². The van der Waals surface area contributed by atoms with E-state index in [1.165, 1.54) is 0 Å². The first-order chi connectivity index (χ1) is 12.4. The van der Waals surface area contributed by atoms with Gasteiger partial charge in [-0.3, -0.25) is 9.36 Å². The monoisotopic (exact) mass is 355 g/mol. The lowest BCUT2D eigenvalue weighted by Gasteiger charge is -2.20. The first-order valence-corrected chi connectivity index (χ1v) is 9.04. The summed E-state index contributed by atoms with van der Waals surface area (Å²) >= 11 is 0. The molecule has 6 heteroatoms. The fourth-order valence-electron chi connectivity index (χ4n) is 3.46. The van der Waals surface area contributed by atoms with E-state index in [4.69, 9.17) is 4.74 Å². The van der Waals surface area contributed by atoms with Gasteiger partial charge in [-0.05, 0) is 31.4 Å². The van der Waals surface area contributed by atoms with Gasteiger partial charge in [0, 0.05) is 23.2 Å². The third-order valence-electron chi connectivity index (χ3n) is 5.26. The topological polar surface area (TPSA) is 73.2 Å². The molecule has 1 aliphatic heterocycles. The molecule has 0 aliphatic carbocycles. The minimum Gasteiger partial charge on any atom is -0.354 e. The van der Waals surface area contributed by atoms with E-state index in [0.717, 1.165) is 12.0 Å². The summed E-state index contributed by atoms with van der Waals surface area (Å²) < 4.78 is 7.63. The van der Waals surface area contributed by atoms with Crippen molar-refractivity contribution in [1.82, 2.24) is 9.55 Å². The number of nitrogens with zero attached hydrogens (tertiary/aromatic N) is 2. The number of aromatic nitrogens is 2. The molecule has 1 aromatic carbocycles. The Kier molecular flexibility index (Phi) is 5.23. The molecule has 26 heavy (non-hydrogen) atoms. The van der Waals surface area contributed by atoms with Crippen molar-refractivity contribution < 1.29 is 9.53 Å². The van der Waals surface area contributed by atoms with Gasteiger partial charge in [-0.25, -0.2) is 4.79 Å². The lowest BCUT2D eigenvalue weighted by molar-refractivity contribution is -0.0168. The van der Waals surface area contributed by atoms with Gasteiger partial charge >= 0.3 is 5.69 Å². The smallest absolute Gasteiger partial charge is 0.351 e. The number of ether oxygens (including phenoxy) is 1. The maximum absolute atomic E-state index is 12.6. The molecular formula is C20H25N3O3. The van der Waals surface area contributed by atoms with Crippen molar-refractivity contribution in [2.24, 2.45) is 11.8 Å². The fourth-order valence-corrected chi connectivity index (χ4v) is 3.46. The molecule has 1 aromatic heterocycles. The Hall–Kier alpha value is -2.47. The summed E-state index contributed by atoms with van der Waals surface area (Å²) in [7, 11) is 0. The highest BCUT2D eigenvalue weighted by Gasteiger charge is 2.39. The van der Waals surface area contributed by atoms with Crippen molar-refractivity contribution in [3.8, 4) is 0 Å². The predicted molar refractivity (Wildman–Crippen MR) is 100 cm³/mol. The van der Waals surface area contributed by atoms with Gasteiger partial charge in [-0.15, -0.1) is 0 Å². The van der Waals surface area contributed by atoms with Gasteiger partial charge in [0.2, 0.25) is 0 Å². The quantitative estimate of drug-likeness (QED) is 0.912. The summed E-state index contributed by atoms with van der Waals surface area (Å²) in [4.78, 5) is 29.0. The van der Waals surface area contributed by atoms with Crippen LogP contribution in [-0.4, -0.2) is 21.6 Å². The highest BCUT2D eigenvalue weighted by atomic mass is 16.5. The zero-order chi connectivity index (χ0) is 18.8. The number of anilines is 1. The maximum atomic E-state index is 12.6. The van der Waals surface area contributed by atoms with Crippen molar-refractivity contribution in [3.05, 3.63) is 58.1 Å². The third-order valence-corrected chi connectivity index (χ3v) is 5.26. The number of hydrogen-bond donors (Lipinski definition) is 1. The summed E-state index contributed by atoms with van der Waals surface area (Å²) in [5, 5.41) is 2.72. The van der Waals surface area contributed by atoms with E-state index in [0.29, 0.717) is 11.5 Å². The van der Waals surface area contributed by atoms with E-state index < -0.39 is 5.69 Å². The third kappa shape index (κ3) is 3.42. The normalized spacial score (nSPS) is 25.2. The summed E-state index contributed by atoms with van der Waals surface area (Å²) in [6.07, 6.45) is 2.45. The van der Waals surface area contributed by atoms with Gasteiger partial charge in [0.15, 0.2) is 0 Å². The number of rotatable bonds is 4. The lowest BCUT2D eigenvalue weighted by Crippen LogP contribution is -2.31. The van der Waals surface area contributed by atoms with Crippen LogP contribution >= 0.6 is 0 Å². The molecule has 0 spiro atoms. The van der Waals surface area contributed by atoms with Gasteiger partial charge in [0.05, 0.1) is 6.10 Å². The molecule has 1 N–H and O–H groups in total. The molecule has 0 radical (unpaired) electrons. The SMILES string of the molecule is CC[C@H]1O[C@@H](n2cc(C)c(NC(=O)c3ccccc3)nc2=O)[C@@H](C)C1C. The molecule has 1 fully saturated rings. The molecule has 138 valence electrons. The van der Waals surface area contributed by atoms with Gasteiger partial charge < -0.3 is 10.1 Å². The van der Waals surface area contributed by atoms with Crippen LogP contribution < -0.4 is 11.0 Å². The Balaban J connectivity index is 1.85. The molecule has 1 amide bonds. The minimum atomic E-state index is -0.417. The van der Waals surface area contributed by atoms with Crippen LogP contribution in [0.15, 0.2) is 41.3 Å². The van der Waals surface area contributed by atoms with Gasteiger partial charge in [-0.2, -0.15) is 4.98 Å². The number of carbonyl (C=O) groups is 1. The molecule has 2 heterocycles. The number of hydrogen-bond acceptors (Lipinski definition) is 4. The predicted octanol–water partition coefficient (Wildman–Crippen LogP) is 3.38. The largest absolute Gasteiger partial charge is 0.354 e. The van der Waals surface area contributed by atoms with Gasteiger partial charge in [0.1, 0.15) is 12.0 Å². The van der Waals surface area contributed by atoms with Crippen molar-refractivity contribution in [2.45, 2.75) is 46.4 Å². The van der Waals surface area contributed by atoms with Crippen LogP contribution in [0.4, 0.5) is 5.82 Å². The van der Waals surface area contributed by atoms with Crippen molar-refractivity contribution in [3.63, 3.8) is 0 Å². The number of amides is 1. The maximum Gasteiger partial charge on any atom is 0.351 e. The van der Waals surface area contributed by atoms with Crippen LogP contribution in [0.5, 0.6) is 0 Å². The van der Waals surface area contributed by atoms with E-state index >= 15 is 0 Å². The van der Waals surface area contributed by atoms with E-state index in [2.05, 4.69) is 31.1 Å². The molecule has 1 unspecified atom stereocenters. The molecule has 0 bridgehead atoms. The average Bonchev–Trinajstić information content (AvgIpc) is 2.93. The highest BCUT2D eigenvalue weighted by Crippen LogP contribution is 2.39. The first kappa shape index (κ1) is 18.3. The molecule has 3 rings (SSSR count). The Morgan fingerprint density at radius 2 is 1.92 bits per heavy atom. The second-order valence-electron chi connectivity index (χ2n) is 6.97.